The third-order valence-electron chi connectivity index (χ3n) is 3.61. The van der Waals surface area contributed by atoms with E-state index in [0.29, 0.717) is 0 Å². The lowest BCUT2D eigenvalue weighted by molar-refractivity contribution is -0.134. The first-order valence-corrected chi connectivity index (χ1v) is 8.30. The van der Waals surface area contributed by atoms with Gasteiger partial charge in [0.2, 0.25) is 5.91 Å². The lowest BCUT2D eigenvalue weighted by Gasteiger charge is -2.35. The number of amides is 1. The van der Waals surface area contributed by atoms with Crippen molar-refractivity contribution in [3.05, 3.63) is 21.3 Å². The summed E-state index contributed by atoms with van der Waals surface area (Å²) in [6, 6.07) is 3.68. The summed E-state index contributed by atoms with van der Waals surface area (Å²) in [4.78, 5) is 17.7. The smallest absolute Gasteiger partial charge is 0.239 e. The zero-order chi connectivity index (χ0) is 14.5. The summed E-state index contributed by atoms with van der Waals surface area (Å²) in [5, 5.41) is 0. The van der Waals surface area contributed by atoms with Crippen LogP contribution in [0.2, 0.25) is 4.34 Å². The van der Waals surface area contributed by atoms with Gasteiger partial charge in [0.25, 0.3) is 0 Å². The Kier molecular flexibility index (Phi) is 5.84. The molecule has 2 rings (SSSR count). The number of carbonyl (C=O) groups is 1. The van der Waals surface area contributed by atoms with Gasteiger partial charge in [-0.25, -0.2) is 0 Å². The van der Waals surface area contributed by atoms with Gasteiger partial charge in [-0.2, -0.15) is 0 Å². The van der Waals surface area contributed by atoms with Gasteiger partial charge in [0, 0.05) is 37.6 Å². The Morgan fingerprint density at radius 1 is 1.40 bits per heavy atom. The predicted molar refractivity (Wildman–Crippen MR) is 84.1 cm³/mol. The van der Waals surface area contributed by atoms with Crippen molar-refractivity contribution >= 4 is 28.8 Å². The van der Waals surface area contributed by atoms with Crippen LogP contribution in [0.3, 0.4) is 0 Å². The van der Waals surface area contributed by atoms with E-state index in [9.17, 15) is 4.79 Å². The molecule has 1 aromatic rings. The van der Waals surface area contributed by atoms with Crippen molar-refractivity contribution in [2.75, 3.05) is 26.2 Å². The van der Waals surface area contributed by atoms with E-state index in [0.717, 1.165) is 49.9 Å². The number of hydrogen-bond acceptors (Lipinski definition) is 4. The van der Waals surface area contributed by atoms with Crippen molar-refractivity contribution in [3.8, 4) is 0 Å². The molecule has 0 aliphatic carbocycles. The minimum Gasteiger partial charge on any atom is -0.339 e. The van der Waals surface area contributed by atoms with Crippen molar-refractivity contribution in [3.63, 3.8) is 0 Å². The quantitative estimate of drug-likeness (QED) is 0.906. The number of carbonyl (C=O) groups excluding carboxylic acids is 1. The van der Waals surface area contributed by atoms with E-state index in [2.05, 4.69) is 17.9 Å². The first-order chi connectivity index (χ1) is 9.60. The van der Waals surface area contributed by atoms with Gasteiger partial charge in [0.1, 0.15) is 0 Å². The van der Waals surface area contributed by atoms with Crippen LogP contribution in [0.15, 0.2) is 12.1 Å². The Balaban J connectivity index is 1.78. The van der Waals surface area contributed by atoms with Gasteiger partial charge in [0.05, 0.1) is 10.4 Å². The Morgan fingerprint density at radius 2 is 2.10 bits per heavy atom. The second-order valence-electron chi connectivity index (χ2n) is 5.20. The largest absolute Gasteiger partial charge is 0.339 e. The van der Waals surface area contributed by atoms with E-state index in [-0.39, 0.29) is 11.9 Å². The summed E-state index contributed by atoms with van der Waals surface area (Å²) in [6.07, 6.45) is 1.72. The standard InChI is InChI=1S/C14H22ClN3OS/c1-2-3-12(16)14(19)18-8-6-17(7-9-18)10-11-4-5-13(15)20-11/h4-5,12H,2-3,6-10,16H2,1H3/t12-/m1/s1. The zero-order valence-electron chi connectivity index (χ0n) is 11.8. The predicted octanol–water partition coefficient (Wildman–Crippen LogP) is 2.17. The normalized spacial score (nSPS) is 18.2. The van der Waals surface area contributed by atoms with Crippen LogP contribution in [0, 0.1) is 0 Å². The van der Waals surface area contributed by atoms with Crippen LogP contribution in [0.25, 0.3) is 0 Å². The highest BCUT2D eigenvalue weighted by Gasteiger charge is 2.24. The van der Waals surface area contributed by atoms with E-state index in [4.69, 9.17) is 17.3 Å². The molecule has 0 radical (unpaired) electrons. The molecule has 0 spiro atoms. The maximum Gasteiger partial charge on any atom is 0.239 e. The fraction of sp³-hybridized carbons (Fsp3) is 0.643. The molecule has 1 aliphatic rings. The van der Waals surface area contributed by atoms with Gasteiger partial charge in [-0.05, 0) is 18.6 Å². The number of nitrogens with two attached hydrogens (primary N) is 1. The summed E-state index contributed by atoms with van der Waals surface area (Å²) in [5.41, 5.74) is 5.90. The number of halogens is 1. The molecule has 1 fully saturated rings. The molecule has 112 valence electrons. The molecule has 6 heteroatoms. The molecule has 0 saturated carbocycles. The van der Waals surface area contributed by atoms with Gasteiger partial charge < -0.3 is 10.6 Å². The van der Waals surface area contributed by atoms with E-state index in [1.165, 1.54) is 4.88 Å². The van der Waals surface area contributed by atoms with Crippen LogP contribution in [0.5, 0.6) is 0 Å². The molecular formula is C14H22ClN3OS. The molecule has 0 bridgehead atoms. The number of piperazine rings is 1. The van der Waals surface area contributed by atoms with E-state index in [1.54, 1.807) is 11.3 Å². The van der Waals surface area contributed by atoms with E-state index >= 15 is 0 Å². The highest BCUT2D eigenvalue weighted by Crippen LogP contribution is 2.23. The molecule has 0 aromatic carbocycles. The van der Waals surface area contributed by atoms with Gasteiger partial charge in [-0.1, -0.05) is 24.9 Å². The van der Waals surface area contributed by atoms with Gasteiger partial charge >= 0.3 is 0 Å². The van der Waals surface area contributed by atoms with E-state index < -0.39 is 0 Å². The Bertz CT molecular complexity index is 443. The first-order valence-electron chi connectivity index (χ1n) is 7.11. The maximum absolute atomic E-state index is 12.1. The van der Waals surface area contributed by atoms with Gasteiger partial charge in [-0.3, -0.25) is 9.69 Å². The van der Waals surface area contributed by atoms with Crippen LogP contribution >= 0.6 is 22.9 Å². The second-order valence-corrected chi connectivity index (χ2v) is 7.00. The second kappa shape index (κ2) is 7.41. The summed E-state index contributed by atoms with van der Waals surface area (Å²) in [6.45, 7) is 6.32. The Morgan fingerprint density at radius 3 is 2.65 bits per heavy atom. The first kappa shape index (κ1) is 15.8. The fourth-order valence-corrected chi connectivity index (χ4v) is 3.58. The number of hydrogen-bond donors (Lipinski definition) is 1. The zero-order valence-corrected chi connectivity index (χ0v) is 13.4. The van der Waals surface area contributed by atoms with Crippen LogP contribution < -0.4 is 5.73 Å². The summed E-state index contributed by atoms with van der Waals surface area (Å²) < 4.78 is 0.833. The highest BCUT2D eigenvalue weighted by molar-refractivity contribution is 7.16. The number of thiophene rings is 1. The monoisotopic (exact) mass is 315 g/mol. The molecule has 20 heavy (non-hydrogen) atoms. The third kappa shape index (κ3) is 4.19. The lowest BCUT2D eigenvalue weighted by atomic mass is 10.1. The Hall–Kier alpha value is -0.620. The van der Waals surface area contributed by atoms with Crippen molar-refractivity contribution in [2.45, 2.75) is 32.4 Å². The fourth-order valence-electron chi connectivity index (χ4n) is 2.45. The molecule has 2 heterocycles. The molecule has 1 amide bonds. The lowest BCUT2D eigenvalue weighted by Crippen LogP contribution is -2.52. The van der Waals surface area contributed by atoms with E-state index in [1.807, 2.05) is 11.0 Å². The number of nitrogens with zero attached hydrogens (tertiary/aromatic N) is 2. The van der Waals surface area contributed by atoms with Crippen LogP contribution in [0.1, 0.15) is 24.6 Å². The van der Waals surface area contributed by atoms with Gasteiger partial charge in [0.15, 0.2) is 0 Å². The van der Waals surface area contributed by atoms with Crippen LogP contribution in [-0.4, -0.2) is 47.9 Å². The average Bonchev–Trinajstić information content (AvgIpc) is 2.84. The molecule has 2 N–H and O–H groups in total. The molecule has 1 atom stereocenters. The highest BCUT2D eigenvalue weighted by atomic mass is 35.5. The van der Waals surface area contributed by atoms with Crippen molar-refractivity contribution < 1.29 is 4.79 Å². The third-order valence-corrected chi connectivity index (χ3v) is 4.83. The van der Waals surface area contributed by atoms with Crippen molar-refractivity contribution in [2.24, 2.45) is 5.73 Å². The topological polar surface area (TPSA) is 49.6 Å². The average molecular weight is 316 g/mol. The molecular weight excluding hydrogens is 294 g/mol. The van der Waals surface area contributed by atoms with Gasteiger partial charge in [-0.15, -0.1) is 11.3 Å². The van der Waals surface area contributed by atoms with Crippen LogP contribution in [0.4, 0.5) is 0 Å². The maximum atomic E-state index is 12.1. The number of rotatable bonds is 5. The summed E-state index contributed by atoms with van der Waals surface area (Å²) in [5.74, 6) is 0.102. The minimum absolute atomic E-state index is 0.102. The van der Waals surface area contributed by atoms with Crippen molar-refractivity contribution in [1.29, 1.82) is 0 Å². The molecule has 1 saturated heterocycles. The SMILES string of the molecule is CCC[C@@H](N)C(=O)N1CCN(Cc2ccc(Cl)s2)CC1. The molecule has 1 aromatic heterocycles. The molecule has 4 nitrogen and oxygen atoms in total. The van der Waals surface area contributed by atoms with Crippen molar-refractivity contribution in [1.82, 2.24) is 9.80 Å². The summed E-state index contributed by atoms with van der Waals surface area (Å²) >= 11 is 7.56. The summed E-state index contributed by atoms with van der Waals surface area (Å²) in [7, 11) is 0. The molecule has 0 unspecified atom stereocenters. The minimum atomic E-state index is -0.331. The Labute approximate surface area is 129 Å². The molecule has 1 aliphatic heterocycles. The van der Waals surface area contributed by atoms with Crippen LogP contribution in [-0.2, 0) is 11.3 Å².